The maximum Gasteiger partial charge on any atom is 0.226 e. The lowest BCUT2D eigenvalue weighted by Gasteiger charge is -2.27. The Morgan fingerprint density at radius 3 is 2.35 bits per heavy atom. The lowest BCUT2D eigenvalue weighted by molar-refractivity contribution is -0.129. The molecule has 2 heteroatoms. The molecule has 0 radical (unpaired) electrons. The molecule has 3 rings (SSSR count). The van der Waals surface area contributed by atoms with E-state index in [0.29, 0.717) is 12.3 Å². The molecule has 0 N–H and O–H groups in total. The van der Waals surface area contributed by atoms with Crippen LogP contribution in [0.3, 0.4) is 0 Å². The minimum absolute atomic E-state index is 0.122. The predicted molar refractivity (Wildman–Crippen MR) is 131 cm³/mol. The van der Waals surface area contributed by atoms with E-state index in [1.165, 1.54) is 27.8 Å². The quantitative estimate of drug-likeness (QED) is 0.451. The van der Waals surface area contributed by atoms with Crippen molar-refractivity contribution in [3.8, 4) is 0 Å². The summed E-state index contributed by atoms with van der Waals surface area (Å²) in [6.07, 6.45) is 4.94. The Balaban J connectivity index is 1.54. The van der Waals surface area contributed by atoms with Gasteiger partial charge in [0.15, 0.2) is 0 Å². The van der Waals surface area contributed by atoms with Gasteiger partial charge in [0.05, 0.1) is 6.42 Å². The second kappa shape index (κ2) is 9.85. The van der Waals surface area contributed by atoms with Crippen molar-refractivity contribution in [2.24, 2.45) is 11.3 Å². The first-order chi connectivity index (χ1) is 14.7. The summed E-state index contributed by atoms with van der Waals surface area (Å²) in [4.78, 5) is 14.7. The third-order valence-electron chi connectivity index (χ3n) is 7.21. The molecule has 0 saturated carbocycles. The van der Waals surface area contributed by atoms with Crippen LogP contribution in [0.1, 0.15) is 61.4 Å². The van der Waals surface area contributed by atoms with E-state index in [4.69, 9.17) is 0 Å². The number of nitrogens with zero attached hydrogens (tertiary/aromatic N) is 1. The van der Waals surface area contributed by atoms with Gasteiger partial charge in [-0.05, 0) is 85.6 Å². The van der Waals surface area contributed by atoms with Gasteiger partial charge in [-0.1, -0.05) is 68.5 Å². The zero-order chi connectivity index (χ0) is 22.6. The molecule has 0 bridgehead atoms. The maximum absolute atomic E-state index is 12.6. The molecule has 0 aromatic heterocycles. The second-order valence-electron chi connectivity index (χ2n) is 10.2. The standard InChI is InChI=1S/C29H39NO/c1-21(2)29(5,6)19-27-22(3)16-26(17-23(27)4)13-12-25-14-15-30(20-25)28(31)18-24-10-8-7-9-11-24/h7-11,16-17,25H,1,12-15,18-20H2,2-6H3/t25-/m0/s1. The van der Waals surface area contributed by atoms with E-state index in [2.05, 4.69) is 58.2 Å². The van der Waals surface area contributed by atoms with Crippen molar-refractivity contribution >= 4 is 5.91 Å². The highest BCUT2D eigenvalue weighted by Crippen LogP contribution is 2.32. The highest BCUT2D eigenvalue weighted by molar-refractivity contribution is 5.79. The van der Waals surface area contributed by atoms with E-state index in [1.807, 2.05) is 30.3 Å². The van der Waals surface area contributed by atoms with Gasteiger partial charge in [0, 0.05) is 13.1 Å². The molecule has 2 aromatic rings. The molecule has 2 aromatic carbocycles. The lowest BCUT2D eigenvalue weighted by Crippen LogP contribution is -2.30. The van der Waals surface area contributed by atoms with Crippen molar-refractivity contribution in [2.45, 2.75) is 66.7 Å². The number of amides is 1. The van der Waals surface area contributed by atoms with Crippen LogP contribution in [0.15, 0.2) is 54.6 Å². The molecule has 0 unspecified atom stereocenters. The van der Waals surface area contributed by atoms with Gasteiger partial charge < -0.3 is 4.90 Å². The Bertz CT molecular complexity index is 902. The fourth-order valence-electron chi connectivity index (χ4n) is 4.65. The van der Waals surface area contributed by atoms with Gasteiger partial charge in [0.1, 0.15) is 0 Å². The van der Waals surface area contributed by atoms with Crippen LogP contribution in [0, 0.1) is 25.2 Å². The highest BCUT2D eigenvalue weighted by Gasteiger charge is 2.26. The number of allylic oxidation sites excluding steroid dienone is 1. The number of aryl methyl sites for hydroxylation is 3. The molecule has 1 amide bonds. The minimum Gasteiger partial charge on any atom is -0.342 e. The monoisotopic (exact) mass is 417 g/mol. The Kier molecular flexibility index (Phi) is 7.41. The molecule has 2 nitrogen and oxygen atoms in total. The van der Waals surface area contributed by atoms with Crippen LogP contribution in [0.25, 0.3) is 0 Å². The van der Waals surface area contributed by atoms with Gasteiger partial charge in [-0.2, -0.15) is 0 Å². The number of carbonyl (C=O) groups excluding carboxylic acids is 1. The smallest absolute Gasteiger partial charge is 0.226 e. The van der Waals surface area contributed by atoms with E-state index < -0.39 is 0 Å². The lowest BCUT2D eigenvalue weighted by atomic mass is 9.78. The summed E-state index contributed by atoms with van der Waals surface area (Å²) in [5, 5.41) is 0. The molecular weight excluding hydrogens is 378 g/mol. The topological polar surface area (TPSA) is 20.3 Å². The van der Waals surface area contributed by atoms with Gasteiger partial charge >= 0.3 is 0 Å². The number of rotatable bonds is 8. The Labute approximate surface area is 189 Å². The Hall–Kier alpha value is -2.35. The molecule has 166 valence electrons. The van der Waals surface area contributed by atoms with Crippen LogP contribution in [0.4, 0.5) is 0 Å². The third-order valence-corrected chi connectivity index (χ3v) is 7.21. The van der Waals surface area contributed by atoms with Gasteiger partial charge in [-0.25, -0.2) is 0 Å². The molecule has 31 heavy (non-hydrogen) atoms. The summed E-state index contributed by atoms with van der Waals surface area (Å²) >= 11 is 0. The van der Waals surface area contributed by atoms with Crippen LogP contribution in [0.5, 0.6) is 0 Å². The highest BCUT2D eigenvalue weighted by atomic mass is 16.2. The van der Waals surface area contributed by atoms with Crippen molar-refractivity contribution in [1.82, 2.24) is 4.90 Å². The van der Waals surface area contributed by atoms with Gasteiger partial charge in [0.2, 0.25) is 5.91 Å². The first-order valence-electron chi connectivity index (χ1n) is 11.7. The number of likely N-dealkylation sites (tertiary alicyclic amines) is 1. The average molecular weight is 418 g/mol. The zero-order valence-electron chi connectivity index (χ0n) is 20.1. The fraction of sp³-hybridized carbons (Fsp3) is 0.483. The van der Waals surface area contributed by atoms with Gasteiger partial charge in [0.25, 0.3) is 0 Å². The maximum atomic E-state index is 12.6. The van der Waals surface area contributed by atoms with Crippen molar-refractivity contribution < 1.29 is 4.79 Å². The Morgan fingerprint density at radius 2 is 1.74 bits per heavy atom. The molecule has 1 heterocycles. The van der Waals surface area contributed by atoms with Crippen LogP contribution in [-0.4, -0.2) is 23.9 Å². The summed E-state index contributed by atoms with van der Waals surface area (Å²) in [7, 11) is 0. The van der Waals surface area contributed by atoms with Gasteiger partial charge in [-0.3, -0.25) is 4.79 Å². The van der Waals surface area contributed by atoms with Crippen molar-refractivity contribution in [1.29, 1.82) is 0 Å². The van der Waals surface area contributed by atoms with Crippen LogP contribution in [0.2, 0.25) is 0 Å². The number of carbonyl (C=O) groups is 1. The number of hydrogen-bond acceptors (Lipinski definition) is 1. The average Bonchev–Trinajstić information content (AvgIpc) is 3.19. The van der Waals surface area contributed by atoms with Crippen molar-refractivity contribution in [2.75, 3.05) is 13.1 Å². The number of hydrogen-bond donors (Lipinski definition) is 0. The summed E-state index contributed by atoms with van der Waals surface area (Å²) in [6, 6.07) is 14.8. The molecule has 1 saturated heterocycles. The Morgan fingerprint density at radius 1 is 1.10 bits per heavy atom. The molecule has 1 fully saturated rings. The van der Waals surface area contributed by atoms with E-state index >= 15 is 0 Å². The summed E-state index contributed by atoms with van der Waals surface area (Å²) < 4.78 is 0. The molecule has 0 aliphatic carbocycles. The predicted octanol–water partition coefficient (Wildman–Crippen LogP) is 6.47. The van der Waals surface area contributed by atoms with E-state index in [0.717, 1.165) is 44.3 Å². The van der Waals surface area contributed by atoms with E-state index in [-0.39, 0.29) is 11.3 Å². The van der Waals surface area contributed by atoms with E-state index in [1.54, 1.807) is 0 Å². The first-order valence-corrected chi connectivity index (χ1v) is 11.7. The first kappa shape index (κ1) is 23.3. The van der Waals surface area contributed by atoms with Crippen LogP contribution >= 0.6 is 0 Å². The van der Waals surface area contributed by atoms with Crippen molar-refractivity contribution in [3.63, 3.8) is 0 Å². The van der Waals surface area contributed by atoms with Gasteiger partial charge in [-0.15, -0.1) is 0 Å². The minimum atomic E-state index is 0.122. The zero-order valence-corrected chi connectivity index (χ0v) is 20.1. The molecular formula is C29H39NO. The van der Waals surface area contributed by atoms with Crippen molar-refractivity contribution in [3.05, 3.63) is 82.4 Å². The normalized spacial score (nSPS) is 16.5. The number of benzene rings is 2. The van der Waals surface area contributed by atoms with Crippen LogP contribution in [-0.2, 0) is 24.1 Å². The molecule has 1 aliphatic rings. The summed E-state index contributed by atoms with van der Waals surface area (Å²) in [5.74, 6) is 0.882. The largest absolute Gasteiger partial charge is 0.342 e. The van der Waals surface area contributed by atoms with Crippen LogP contribution < -0.4 is 0 Å². The summed E-state index contributed by atoms with van der Waals surface area (Å²) in [5.41, 5.74) is 8.17. The molecule has 0 spiro atoms. The summed E-state index contributed by atoms with van der Waals surface area (Å²) in [6.45, 7) is 17.2. The molecule has 1 aliphatic heterocycles. The van der Waals surface area contributed by atoms with E-state index in [9.17, 15) is 4.79 Å². The second-order valence-corrected chi connectivity index (χ2v) is 10.2. The SMILES string of the molecule is C=C(C)C(C)(C)Cc1c(C)cc(CC[C@H]2CCN(C(=O)Cc3ccccc3)C2)cc1C. The molecule has 1 atom stereocenters. The third kappa shape index (κ3) is 6.09. The fourth-order valence-corrected chi connectivity index (χ4v) is 4.65.